The summed E-state index contributed by atoms with van der Waals surface area (Å²) >= 11 is 0. The Morgan fingerprint density at radius 2 is 0.540 bits per heavy atom. The molecule has 0 N–H and O–H groups in total. The summed E-state index contributed by atoms with van der Waals surface area (Å²) in [6.45, 7) is 9.14. The molecular weight excluding hydrogens is 632 g/mol. The molecule has 292 valence electrons. The second kappa shape index (κ2) is 29.5. The molecule has 0 saturated heterocycles. The molecule has 1 fully saturated rings. The molecule has 8 nitrogen and oxygen atoms in total. The van der Waals surface area contributed by atoms with E-state index in [-0.39, 0.29) is 39.3 Å². The summed E-state index contributed by atoms with van der Waals surface area (Å²) in [7, 11) is 0. The molecule has 0 aromatic heterocycles. The van der Waals surface area contributed by atoms with Crippen LogP contribution in [0.2, 0.25) is 0 Å². The molecule has 1 saturated carbocycles. The van der Waals surface area contributed by atoms with Crippen LogP contribution in [-0.2, 0) is 38.1 Å². The molecule has 1 aliphatic rings. The van der Waals surface area contributed by atoms with Gasteiger partial charge in [-0.3, -0.25) is 19.2 Å². The van der Waals surface area contributed by atoms with Gasteiger partial charge < -0.3 is 18.9 Å². The normalized spacial score (nSPS) is 15.0. The quantitative estimate of drug-likeness (QED) is 0.0294. The monoisotopic (exact) mass is 709 g/mol. The van der Waals surface area contributed by atoms with Gasteiger partial charge in [0.1, 0.15) is 0 Å². The number of unbranched alkanes of at least 4 members (excludes halogenated alkanes) is 20. The smallest absolute Gasteiger partial charge is 0.325 e. The Morgan fingerprint density at radius 3 is 0.760 bits per heavy atom. The Balaban J connectivity index is 3.32. The van der Waals surface area contributed by atoms with Crippen LogP contribution in [0.4, 0.5) is 0 Å². The number of carbonyl (C=O) groups excluding carboxylic acids is 4. The average molecular weight is 709 g/mol. The average Bonchev–Trinajstić information content (AvgIpc) is 3.12. The summed E-state index contributed by atoms with van der Waals surface area (Å²) < 4.78 is 23.4. The molecule has 1 aliphatic carbocycles. The molecule has 0 radical (unpaired) electrons. The van der Waals surface area contributed by atoms with Crippen LogP contribution in [0.1, 0.15) is 207 Å². The molecule has 0 unspecified atom stereocenters. The van der Waals surface area contributed by atoms with Crippen LogP contribution in [0.15, 0.2) is 0 Å². The van der Waals surface area contributed by atoms with Gasteiger partial charge in [0.05, 0.1) is 26.4 Å². The van der Waals surface area contributed by atoms with Crippen molar-refractivity contribution in [2.45, 2.75) is 207 Å². The third-order valence-electron chi connectivity index (χ3n) is 10.4. The van der Waals surface area contributed by atoms with Crippen molar-refractivity contribution in [2.75, 3.05) is 26.4 Å². The highest BCUT2D eigenvalue weighted by Crippen LogP contribution is 2.54. The zero-order valence-electron chi connectivity index (χ0n) is 32.9. The third-order valence-corrected chi connectivity index (χ3v) is 10.4. The van der Waals surface area contributed by atoms with Gasteiger partial charge in [0.2, 0.25) is 0 Å². The first-order chi connectivity index (χ1) is 24.4. The van der Waals surface area contributed by atoms with Crippen LogP contribution in [0.3, 0.4) is 0 Å². The highest BCUT2D eigenvalue weighted by atomic mass is 16.6. The fraction of sp³-hybridized carbons (Fsp3) is 0.905. The summed E-state index contributed by atoms with van der Waals surface area (Å²) in [5.74, 6) is -3.42. The fourth-order valence-electron chi connectivity index (χ4n) is 7.16. The van der Waals surface area contributed by atoms with Gasteiger partial charge in [-0.2, -0.15) is 0 Å². The van der Waals surface area contributed by atoms with Crippen LogP contribution in [-0.4, -0.2) is 50.3 Å². The van der Waals surface area contributed by atoms with E-state index < -0.39 is 34.7 Å². The number of esters is 4. The SMILES string of the molecule is CCCCCCCCOC(=O)C1(C(=O)OCCCCCCCC)CCCCC1(C(=O)OCCCCCCCC)C(=O)OCCCCCCCC. The first-order valence-corrected chi connectivity index (χ1v) is 21.1. The summed E-state index contributed by atoms with van der Waals surface area (Å²) in [5.41, 5.74) is -4.29. The second-order valence-electron chi connectivity index (χ2n) is 14.6. The molecule has 0 aromatic rings. The van der Waals surface area contributed by atoms with Crippen molar-refractivity contribution < 1.29 is 38.1 Å². The summed E-state index contributed by atoms with van der Waals surface area (Å²) in [6, 6.07) is 0. The third kappa shape index (κ3) is 16.0. The lowest BCUT2D eigenvalue weighted by Crippen LogP contribution is -2.64. The molecule has 0 aliphatic heterocycles. The standard InChI is InChI=1S/C42H76O8/c1-5-9-13-17-21-27-33-47-37(43)41(38(44)48-34-28-22-18-14-10-6-2)31-25-26-32-42(41,39(45)49-35-29-23-19-15-11-7-3)40(46)50-36-30-24-20-16-12-8-4/h5-36H2,1-4H3. The minimum atomic E-state index is -2.15. The zero-order chi connectivity index (χ0) is 36.8. The molecule has 50 heavy (non-hydrogen) atoms. The summed E-state index contributed by atoms with van der Waals surface area (Å²) in [6.07, 6.45) is 25.0. The van der Waals surface area contributed by atoms with E-state index in [0.29, 0.717) is 38.5 Å². The Bertz CT molecular complexity index is 768. The predicted molar refractivity (Wildman–Crippen MR) is 201 cm³/mol. The van der Waals surface area contributed by atoms with Crippen LogP contribution in [0.25, 0.3) is 0 Å². The molecule has 0 atom stereocenters. The number of carbonyl (C=O) groups is 4. The Hall–Kier alpha value is -2.12. The van der Waals surface area contributed by atoms with Gasteiger partial charge in [0, 0.05) is 0 Å². The van der Waals surface area contributed by atoms with Gasteiger partial charge in [-0.1, -0.05) is 169 Å². The van der Waals surface area contributed by atoms with Crippen molar-refractivity contribution >= 4 is 23.9 Å². The maximum absolute atomic E-state index is 14.3. The van der Waals surface area contributed by atoms with Crippen molar-refractivity contribution in [3.63, 3.8) is 0 Å². The Kier molecular flexibility index (Phi) is 27.0. The van der Waals surface area contributed by atoms with Crippen LogP contribution in [0.5, 0.6) is 0 Å². The van der Waals surface area contributed by atoms with Gasteiger partial charge in [0.25, 0.3) is 0 Å². The largest absolute Gasteiger partial charge is 0.465 e. The lowest BCUT2D eigenvalue weighted by molar-refractivity contribution is -0.209. The van der Waals surface area contributed by atoms with Gasteiger partial charge >= 0.3 is 23.9 Å². The maximum atomic E-state index is 14.3. The minimum absolute atomic E-state index is 0.0180. The van der Waals surface area contributed by atoms with E-state index in [2.05, 4.69) is 27.7 Å². The first-order valence-electron chi connectivity index (χ1n) is 21.1. The molecule has 0 aromatic carbocycles. The van der Waals surface area contributed by atoms with E-state index >= 15 is 0 Å². The van der Waals surface area contributed by atoms with Crippen LogP contribution in [0, 0.1) is 10.8 Å². The highest BCUT2D eigenvalue weighted by Gasteiger charge is 2.73. The summed E-state index contributed by atoms with van der Waals surface area (Å²) in [4.78, 5) is 57.4. The maximum Gasteiger partial charge on any atom is 0.325 e. The summed E-state index contributed by atoms with van der Waals surface area (Å²) in [5, 5.41) is 0. The van der Waals surface area contributed by atoms with E-state index in [1.807, 2.05) is 0 Å². The van der Waals surface area contributed by atoms with Gasteiger partial charge in [-0.05, 0) is 38.5 Å². The van der Waals surface area contributed by atoms with Crippen LogP contribution < -0.4 is 0 Å². The zero-order valence-corrected chi connectivity index (χ0v) is 32.9. The molecule has 0 amide bonds. The van der Waals surface area contributed by atoms with Crippen molar-refractivity contribution in [3.8, 4) is 0 Å². The molecule has 0 spiro atoms. The number of ether oxygens (including phenoxy) is 4. The van der Waals surface area contributed by atoms with Gasteiger partial charge in [-0.25, -0.2) is 0 Å². The van der Waals surface area contributed by atoms with E-state index in [1.54, 1.807) is 0 Å². The molecule has 0 heterocycles. The lowest BCUT2D eigenvalue weighted by Gasteiger charge is -2.45. The van der Waals surface area contributed by atoms with E-state index in [9.17, 15) is 19.2 Å². The van der Waals surface area contributed by atoms with E-state index in [0.717, 1.165) is 128 Å². The first kappa shape index (κ1) is 45.9. The van der Waals surface area contributed by atoms with Crippen molar-refractivity contribution in [1.29, 1.82) is 0 Å². The second-order valence-corrected chi connectivity index (χ2v) is 14.6. The topological polar surface area (TPSA) is 105 Å². The molecule has 1 rings (SSSR count). The fourth-order valence-corrected chi connectivity index (χ4v) is 7.16. The minimum Gasteiger partial charge on any atom is -0.465 e. The molecular formula is C42H76O8. The number of hydrogen-bond acceptors (Lipinski definition) is 8. The predicted octanol–water partition coefficient (Wildman–Crippen LogP) is 11.1. The van der Waals surface area contributed by atoms with E-state index in [4.69, 9.17) is 18.9 Å². The molecule has 0 bridgehead atoms. The highest BCUT2D eigenvalue weighted by molar-refractivity contribution is 6.14. The lowest BCUT2D eigenvalue weighted by atomic mass is 9.55. The Morgan fingerprint density at radius 1 is 0.340 bits per heavy atom. The van der Waals surface area contributed by atoms with Gasteiger partial charge in [-0.15, -0.1) is 0 Å². The molecule has 8 heteroatoms. The van der Waals surface area contributed by atoms with Crippen molar-refractivity contribution in [1.82, 2.24) is 0 Å². The number of rotatable bonds is 32. The number of hydrogen-bond donors (Lipinski definition) is 0. The Labute approximate surface area is 306 Å². The van der Waals surface area contributed by atoms with Crippen LogP contribution >= 0.6 is 0 Å². The van der Waals surface area contributed by atoms with Crippen molar-refractivity contribution in [2.24, 2.45) is 10.8 Å². The van der Waals surface area contributed by atoms with Crippen molar-refractivity contribution in [3.05, 3.63) is 0 Å². The van der Waals surface area contributed by atoms with Gasteiger partial charge in [0.15, 0.2) is 10.8 Å². The van der Waals surface area contributed by atoms with E-state index in [1.165, 1.54) is 0 Å².